The van der Waals surface area contributed by atoms with E-state index < -0.39 is 44.0 Å². The van der Waals surface area contributed by atoms with E-state index in [4.69, 9.17) is 13.7 Å². The fourth-order valence-electron chi connectivity index (χ4n) is 3.13. The Balaban J connectivity index is 1.94. The number of hydrogen-bond acceptors (Lipinski definition) is 7. The van der Waals surface area contributed by atoms with E-state index in [9.17, 15) is 26.4 Å². The highest BCUT2D eigenvalue weighted by Crippen LogP contribution is 2.37. The normalized spacial score (nSPS) is 11.8. The first-order valence-corrected chi connectivity index (χ1v) is 11.7. The molecule has 0 aliphatic rings. The third-order valence-electron chi connectivity index (χ3n) is 4.72. The van der Waals surface area contributed by atoms with Gasteiger partial charge in [0, 0.05) is 5.56 Å². The Morgan fingerprint density at radius 2 is 1.67 bits per heavy atom. The number of hydrogen-bond donors (Lipinski definition) is 1. The van der Waals surface area contributed by atoms with Crippen molar-refractivity contribution in [2.24, 2.45) is 5.10 Å². The van der Waals surface area contributed by atoms with Gasteiger partial charge < -0.3 is 13.7 Å². The molecule has 0 heterocycles. The summed E-state index contributed by atoms with van der Waals surface area (Å²) in [7, 11) is -2.17. The average molecular weight is 523 g/mol. The van der Waals surface area contributed by atoms with Gasteiger partial charge in [0.05, 0.1) is 32.4 Å². The van der Waals surface area contributed by atoms with Crippen LogP contribution < -0.4 is 19.1 Å². The van der Waals surface area contributed by atoms with Gasteiger partial charge in [-0.15, -0.1) is 0 Å². The molecular weight excluding hydrogens is 501 g/mol. The molecular formula is C24H21F3N2O6S. The standard InChI is InChI=1S/C24H21F3N2O6S/c1-33-20-10-6-7-16(11-20)12-22(30)29-28-15-17-13-18(24(25,26)27)14-21(34-2)23(17)36(31,32)35-19-8-4-3-5-9-19/h3-11,13-15H,12H2,1-2H3,(H,29,30)/b28-15+. The molecule has 0 saturated heterocycles. The molecule has 12 heteroatoms. The highest BCUT2D eigenvalue weighted by Gasteiger charge is 2.35. The molecule has 36 heavy (non-hydrogen) atoms. The molecule has 0 aliphatic heterocycles. The summed E-state index contributed by atoms with van der Waals surface area (Å²) >= 11 is 0. The number of carbonyl (C=O) groups excluding carboxylic acids is 1. The van der Waals surface area contributed by atoms with E-state index in [2.05, 4.69) is 10.5 Å². The van der Waals surface area contributed by atoms with Gasteiger partial charge in [0.2, 0.25) is 5.91 Å². The van der Waals surface area contributed by atoms with Crippen molar-refractivity contribution in [1.82, 2.24) is 5.43 Å². The zero-order chi connectivity index (χ0) is 26.3. The molecule has 0 saturated carbocycles. The summed E-state index contributed by atoms with van der Waals surface area (Å²) in [4.78, 5) is 11.6. The zero-order valence-electron chi connectivity index (χ0n) is 19.1. The van der Waals surface area contributed by atoms with Crippen LogP contribution in [0.2, 0.25) is 0 Å². The highest BCUT2D eigenvalue weighted by molar-refractivity contribution is 7.87. The van der Waals surface area contributed by atoms with E-state index in [1.54, 1.807) is 30.3 Å². The SMILES string of the molecule is COc1cccc(CC(=O)N/N=C/c2cc(C(F)(F)F)cc(OC)c2S(=O)(=O)Oc2ccccc2)c1. The Bertz CT molecular complexity index is 1360. The summed E-state index contributed by atoms with van der Waals surface area (Å²) in [5.74, 6) is -0.727. The molecule has 190 valence electrons. The number of nitrogens with one attached hydrogen (secondary N) is 1. The summed E-state index contributed by atoms with van der Waals surface area (Å²) in [5.41, 5.74) is 1.09. The van der Waals surface area contributed by atoms with Crippen molar-refractivity contribution in [3.8, 4) is 17.2 Å². The number of ether oxygens (including phenoxy) is 2. The summed E-state index contributed by atoms with van der Waals surface area (Å²) in [6.45, 7) is 0. The minimum absolute atomic E-state index is 0.0612. The smallest absolute Gasteiger partial charge is 0.416 e. The number of alkyl halides is 3. The van der Waals surface area contributed by atoms with Gasteiger partial charge in [-0.1, -0.05) is 30.3 Å². The number of carbonyl (C=O) groups is 1. The maximum Gasteiger partial charge on any atom is 0.416 e. The van der Waals surface area contributed by atoms with Crippen molar-refractivity contribution in [1.29, 1.82) is 0 Å². The first-order chi connectivity index (χ1) is 17.0. The van der Waals surface area contributed by atoms with E-state index >= 15 is 0 Å². The number of rotatable bonds is 9. The number of halogens is 3. The van der Waals surface area contributed by atoms with E-state index in [0.717, 1.165) is 13.3 Å². The van der Waals surface area contributed by atoms with Crippen LogP contribution in [0, 0.1) is 0 Å². The second kappa shape index (κ2) is 11.1. The summed E-state index contributed by atoms with van der Waals surface area (Å²) in [6, 6.07) is 15.2. The van der Waals surface area contributed by atoms with Crippen molar-refractivity contribution in [3.05, 3.63) is 83.4 Å². The number of methoxy groups -OCH3 is 2. The Hall–Kier alpha value is -4.06. The molecule has 0 bridgehead atoms. The van der Waals surface area contributed by atoms with Crippen LogP contribution in [-0.2, 0) is 27.5 Å². The first kappa shape index (κ1) is 26.5. The van der Waals surface area contributed by atoms with Gasteiger partial charge >= 0.3 is 16.3 Å². The van der Waals surface area contributed by atoms with Crippen LogP contribution in [-0.4, -0.2) is 34.8 Å². The highest BCUT2D eigenvalue weighted by atomic mass is 32.2. The molecule has 0 spiro atoms. The molecule has 3 aromatic carbocycles. The zero-order valence-corrected chi connectivity index (χ0v) is 19.9. The van der Waals surface area contributed by atoms with Crippen LogP contribution >= 0.6 is 0 Å². The fraction of sp³-hybridized carbons (Fsp3) is 0.167. The fourth-order valence-corrected chi connectivity index (χ4v) is 4.36. The second-order valence-corrected chi connectivity index (χ2v) is 8.75. The predicted octanol–water partition coefficient (Wildman–Crippen LogP) is 4.18. The van der Waals surface area contributed by atoms with Gasteiger partial charge in [0.1, 0.15) is 17.2 Å². The van der Waals surface area contributed by atoms with Gasteiger partial charge in [0.25, 0.3) is 0 Å². The van der Waals surface area contributed by atoms with Crippen molar-refractivity contribution in [3.63, 3.8) is 0 Å². The first-order valence-electron chi connectivity index (χ1n) is 10.3. The van der Waals surface area contributed by atoms with E-state index in [1.165, 1.54) is 31.4 Å². The van der Waals surface area contributed by atoms with E-state index in [1.807, 2.05) is 0 Å². The Morgan fingerprint density at radius 3 is 2.31 bits per heavy atom. The third kappa shape index (κ3) is 6.75. The number of nitrogens with zero attached hydrogens (tertiary/aromatic N) is 1. The number of hydrazone groups is 1. The molecule has 0 radical (unpaired) electrons. The second-order valence-electron chi connectivity index (χ2n) is 7.27. The van der Waals surface area contributed by atoms with E-state index in [-0.39, 0.29) is 12.2 Å². The maximum atomic E-state index is 13.5. The minimum atomic E-state index is -4.81. The Morgan fingerprint density at radius 1 is 0.972 bits per heavy atom. The molecule has 0 atom stereocenters. The summed E-state index contributed by atoms with van der Waals surface area (Å²) < 4.78 is 81.5. The van der Waals surface area contributed by atoms with Crippen molar-refractivity contribution in [2.45, 2.75) is 17.5 Å². The monoisotopic (exact) mass is 522 g/mol. The van der Waals surface area contributed by atoms with Gasteiger partial charge in [-0.25, -0.2) is 5.43 Å². The Labute approximate surface area is 205 Å². The molecule has 1 amide bonds. The molecule has 3 aromatic rings. The topological polar surface area (TPSA) is 103 Å². The molecule has 0 aromatic heterocycles. The van der Waals surface area contributed by atoms with E-state index in [0.29, 0.717) is 23.4 Å². The molecule has 1 N–H and O–H groups in total. The minimum Gasteiger partial charge on any atom is -0.497 e. The van der Waals surface area contributed by atoms with Crippen molar-refractivity contribution < 1.29 is 40.0 Å². The largest absolute Gasteiger partial charge is 0.497 e. The average Bonchev–Trinajstić information content (AvgIpc) is 2.83. The van der Waals surface area contributed by atoms with Crippen LogP contribution in [0.4, 0.5) is 13.2 Å². The number of benzene rings is 3. The number of para-hydroxylation sites is 1. The van der Waals surface area contributed by atoms with Crippen LogP contribution in [0.25, 0.3) is 0 Å². The lowest BCUT2D eigenvalue weighted by molar-refractivity contribution is -0.137. The molecule has 3 rings (SSSR count). The van der Waals surface area contributed by atoms with Crippen LogP contribution in [0.3, 0.4) is 0 Å². The predicted molar refractivity (Wildman–Crippen MR) is 125 cm³/mol. The number of amides is 1. The van der Waals surface area contributed by atoms with Crippen LogP contribution in [0.5, 0.6) is 17.2 Å². The van der Waals surface area contributed by atoms with Gasteiger partial charge in [0.15, 0.2) is 4.90 Å². The lowest BCUT2D eigenvalue weighted by Crippen LogP contribution is -2.20. The van der Waals surface area contributed by atoms with Gasteiger partial charge in [-0.3, -0.25) is 4.79 Å². The van der Waals surface area contributed by atoms with Gasteiger partial charge in [-0.05, 0) is 42.0 Å². The van der Waals surface area contributed by atoms with Crippen LogP contribution in [0.1, 0.15) is 16.7 Å². The van der Waals surface area contributed by atoms with Crippen LogP contribution in [0.15, 0.2) is 76.7 Å². The molecule has 0 unspecified atom stereocenters. The lowest BCUT2D eigenvalue weighted by atomic mass is 10.1. The van der Waals surface area contributed by atoms with Gasteiger partial charge in [-0.2, -0.15) is 26.7 Å². The molecule has 8 nitrogen and oxygen atoms in total. The van der Waals surface area contributed by atoms with Crippen molar-refractivity contribution in [2.75, 3.05) is 14.2 Å². The maximum absolute atomic E-state index is 13.5. The van der Waals surface area contributed by atoms with Crippen molar-refractivity contribution >= 4 is 22.2 Å². The third-order valence-corrected chi connectivity index (χ3v) is 6.07. The molecule has 0 aliphatic carbocycles. The molecule has 0 fully saturated rings. The summed E-state index contributed by atoms with van der Waals surface area (Å²) in [6.07, 6.45) is -4.14. The Kier molecular flexibility index (Phi) is 8.20. The summed E-state index contributed by atoms with van der Waals surface area (Å²) in [5, 5.41) is 3.66. The lowest BCUT2D eigenvalue weighted by Gasteiger charge is -2.16. The quantitative estimate of drug-likeness (QED) is 0.257.